The summed E-state index contributed by atoms with van der Waals surface area (Å²) in [5, 5.41) is 30.9. The van der Waals surface area contributed by atoms with Gasteiger partial charge in [-0.05, 0) is 42.3 Å². The van der Waals surface area contributed by atoms with E-state index in [4.69, 9.17) is 0 Å². The normalized spacial score (nSPS) is 11.4. The van der Waals surface area contributed by atoms with Crippen LogP contribution in [0.25, 0.3) is 44.2 Å². The van der Waals surface area contributed by atoms with Crippen LogP contribution in [0.15, 0.2) is 72.9 Å². The third-order valence-electron chi connectivity index (χ3n) is 6.73. The van der Waals surface area contributed by atoms with Crippen LogP contribution >= 0.6 is 0 Å². The van der Waals surface area contributed by atoms with Gasteiger partial charge in [0.25, 0.3) is 5.91 Å². The first-order chi connectivity index (χ1) is 18.0. The van der Waals surface area contributed by atoms with Crippen molar-refractivity contribution in [3.05, 3.63) is 89.9 Å². The van der Waals surface area contributed by atoms with E-state index in [1.807, 2.05) is 73.3 Å². The first-order valence-corrected chi connectivity index (χ1v) is 12.2. The predicted molar refractivity (Wildman–Crippen MR) is 145 cm³/mol. The topological polar surface area (TPSA) is 112 Å². The molecule has 1 amide bonds. The maximum Gasteiger partial charge on any atom is 0.269 e. The van der Waals surface area contributed by atoms with Crippen LogP contribution in [-0.2, 0) is 13.5 Å². The quantitative estimate of drug-likeness (QED) is 0.258. The van der Waals surface area contributed by atoms with E-state index in [0.29, 0.717) is 35.5 Å². The number of phenolic OH excluding ortho intramolecular Hbond substituents is 1. The number of aromatic amines is 2. The van der Waals surface area contributed by atoms with Gasteiger partial charge in [0.2, 0.25) is 0 Å². The summed E-state index contributed by atoms with van der Waals surface area (Å²) in [7, 11) is 2.00. The van der Waals surface area contributed by atoms with E-state index in [-0.39, 0.29) is 11.7 Å². The Morgan fingerprint density at radius 3 is 2.68 bits per heavy atom. The van der Waals surface area contributed by atoms with Crippen molar-refractivity contribution in [1.82, 2.24) is 30.3 Å². The van der Waals surface area contributed by atoms with Gasteiger partial charge in [0.15, 0.2) is 0 Å². The average molecular weight is 491 g/mol. The van der Waals surface area contributed by atoms with Crippen LogP contribution < -0.4 is 5.32 Å². The van der Waals surface area contributed by atoms with E-state index >= 15 is 0 Å². The van der Waals surface area contributed by atoms with E-state index in [2.05, 4.69) is 37.8 Å². The molecule has 0 unspecified atom stereocenters. The largest absolute Gasteiger partial charge is 0.507 e. The van der Waals surface area contributed by atoms with Crippen molar-refractivity contribution < 1.29 is 9.90 Å². The number of hydrogen-bond donors (Lipinski definition) is 4. The summed E-state index contributed by atoms with van der Waals surface area (Å²) in [5.74, 6) is -0.198. The summed E-state index contributed by atoms with van der Waals surface area (Å²) < 4.78 is 2.05. The molecular formula is C29H26N6O2. The second-order valence-electron chi connectivity index (χ2n) is 9.13. The molecular weight excluding hydrogens is 464 g/mol. The molecule has 3 aromatic carbocycles. The molecule has 0 saturated carbocycles. The number of benzene rings is 3. The fourth-order valence-corrected chi connectivity index (χ4v) is 4.89. The van der Waals surface area contributed by atoms with Crippen LogP contribution in [0, 0.1) is 0 Å². The lowest BCUT2D eigenvalue weighted by Crippen LogP contribution is -2.23. The van der Waals surface area contributed by atoms with E-state index in [1.54, 1.807) is 6.07 Å². The number of rotatable bonds is 6. The van der Waals surface area contributed by atoms with Crippen molar-refractivity contribution in [2.75, 3.05) is 6.54 Å². The highest BCUT2D eigenvalue weighted by atomic mass is 16.3. The average Bonchev–Trinajstić information content (AvgIpc) is 3.61. The van der Waals surface area contributed by atoms with Crippen LogP contribution in [0.3, 0.4) is 0 Å². The van der Waals surface area contributed by atoms with Crippen LogP contribution in [0.5, 0.6) is 5.75 Å². The summed E-state index contributed by atoms with van der Waals surface area (Å²) >= 11 is 0. The number of nitrogens with zero attached hydrogens (tertiary/aromatic N) is 3. The van der Waals surface area contributed by atoms with Gasteiger partial charge >= 0.3 is 0 Å². The molecule has 8 nitrogen and oxygen atoms in total. The van der Waals surface area contributed by atoms with E-state index in [1.165, 1.54) is 0 Å². The zero-order chi connectivity index (χ0) is 25.5. The van der Waals surface area contributed by atoms with Gasteiger partial charge in [-0.25, -0.2) is 0 Å². The molecule has 6 rings (SSSR count). The lowest BCUT2D eigenvalue weighted by atomic mass is 9.95. The molecule has 0 fully saturated rings. The number of fused-ring (bicyclic) bond motifs is 2. The zero-order valence-electron chi connectivity index (χ0n) is 20.5. The molecule has 4 N–H and O–H groups in total. The summed E-state index contributed by atoms with van der Waals surface area (Å²) in [6.45, 7) is 2.36. The fourth-order valence-electron chi connectivity index (χ4n) is 4.89. The Morgan fingerprint density at radius 1 is 1.03 bits per heavy atom. The molecule has 3 heterocycles. The number of aromatic hydroxyl groups is 1. The summed E-state index contributed by atoms with van der Waals surface area (Å²) in [6, 6.07) is 21.8. The highest BCUT2D eigenvalue weighted by molar-refractivity contribution is 6.05. The Bertz CT molecular complexity index is 1760. The van der Waals surface area contributed by atoms with E-state index in [9.17, 15) is 9.90 Å². The van der Waals surface area contributed by atoms with Crippen molar-refractivity contribution in [1.29, 1.82) is 0 Å². The standard InChI is InChI=1S/C29H26N6O2/c1-3-30-29(37)28-26(19-9-10-24-18(14-19)11-12-35(24)2)27(33-34-28)21-15-20-22(13-17-7-5-4-6-8-17)31-32-23(20)16-25(21)36/h4-12,14-16,36H,3,13H2,1-2H3,(H,30,37)(H,31,32)(H,33,34). The van der Waals surface area contributed by atoms with Crippen molar-refractivity contribution in [3.63, 3.8) is 0 Å². The Morgan fingerprint density at radius 2 is 1.86 bits per heavy atom. The van der Waals surface area contributed by atoms with Crippen LogP contribution in [0.2, 0.25) is 0 Å². The first-order valence-electron chi connectivity index (χ1n) is 12.2. The lowest BCUT2D eigenvalue weighted by Gasteiger charge is -2.09. The molecule has 0 aliphatic heterocycles. The molecule has 0 aliphatic carbocycles. The molecule has 0 spiro atoms. The third-order valence-corrected chi connectivity index (χ3v) is 6.73. The molecule has 8 heteroatoms. The van der Waals surface area contributed by atoms with Crippen LogP contribution in [0.4, 0.5) is 0 Å². The molecule has 3 aromatic heterocycles. The molecule has 184 valence electrons. The minimum Gasteiger partial charge on any atom is -0.507 e. The maximum atomic E-state index is 13.0. The highest BCUT2D eigenvalue weighted by Gasteiger charge is 2.24. The molecule has 0 bridgehead atoms. The monoisotopic (exact) mass is 490 g/mol. The summed E-state index contributed by atoms with van der Waals surface area (Å²) in [5.41, 5.74) is 6.68. The number of aryl methyl sites for hydroxylation is 1. The van der Waals surface area contributed by atoms with Crippen molar-refractivity contribution in [2.24, 2.45) is 7.05 Å². The maximum absolute atomic E-state index is 13.0. The summed E-state index contributed by atoms with van der Waals surface area (Å²) in [6.07, 6.45) is 2.65. The highest BCUT2D eigenvalue weighted by Crippen LogP contribution is 2.40. The third kappa shape index (κ3) is 3.92. The van der Waals surface area contributed by atoms with Crippen molar-refractivity contribution >= 4 is 27.7 Å². The minimum atomic E-state index is -0.252. The molecule has 0 saturated heterocycles. The number of aromatic nitrogens is 5. The van der Waals surface area contributed by atoms with Gasteiger partial charge in [0.1, 0.15) is 17.1 Å². The van der Waals surface area contributed by atoms with Crippen molar-refractivity contribution in [3.8, 4) is 28.1 Å². The predicted octanol–water partition coefficient (Wildman–Crippen LogP) is 5.16. The van der Waals surface area contributed by atoms with Crippen LogP contribution in [0.1, 0.15) is 28.7 Å². The molecule has 6 aromatic rings. The number of H-pyrrole nitrogens is 2. The van der Waals surface area contributed by atoms with Gasteiger partial charge in [-0.2, -0.15) is 10.2 Å². The second-order valence-corrected chi connectivity index (χ2v) is 9.13. The molecule has 0 aliphatic rings. The molecule has 37 heavy (non-hydrogen) atoms. The van der Waals surface area contributed by atoms with Gasteiger partial charge in [-0.15, -0.1) is 0 Å². The zero-order valence-corrected chi connectivity index (χ0v) is 20.5. The molecule has 0 radical (unpaired) electrons. The van der Waals surface area contributed by atoms with E-state index in [0.717, 1.165) is 38.6 Å². The smallest absolute Gasteiger partial charge is 0.269 e. The number of amides is 1. The Kier molecular flexibility index (Phi) is 5.49. The Balaban J connectivity index is 1.53. The molecule has 0 atom stereocenters. The Hall–Kier alpha value is -4.85. The van der Waals surface area contributed by atoms with Gasteiger partial charge < -0.3 is 15.0 Å². The number of carbonyl (C=O) groups is 1. The van der Waals surface area contributed by atoms with Crippen LogP contribution in [-0.4, -0.2) is 42.5 Å². The lowest BCUT2D eigenvalue weighted by molar-refractivity contribution is 0.0951. The fraction of sp³-hybridized carbons (Fsp3) is 0.138. The summed E-state index contributed by atoms with van der Waals surface area (Å²) in [4.78, 5) is 13.0. The number of hydrogen-bond acceptors (Lipinski definition) is 4. The SMILES string of the molecule is CCNC(=O)c1[nH]nc(-c2cc3c(Cc4ccccc4)n[nH]c3cc2O)c1-c1ccc2c(ccn2C)c1. The van der Waals surface area contributed by atoms with E-state index < -0.39 is 0 Å². The second kappa shape index (κ2) is 8.98. The minimum absolute atomic E-state index is 0.0541. The number of phenols is 1. The van der Waals surface area contributed by atoms with Gasteiger partial charge in [-0.1, -0.05) is 36.4 Å². The van der Waals surface area contributed by atoms with Gasteiger partial charge in [-0.3, -0.25) is 15.0 Å². The first kappa shape index (κ1) is 22.6. The van der Waals surface area contributed by atoms with Crippen molar-refractivity contribution in [2.45, 2.75) is 13.3 Å². The number of carbonyl (C=O) groups excluding carboxylic acids is 1. The number of nitrogens with one attached hydrogen (secondary N) is 3. The van der Waals surface area contributed by atoms with Gasteiger partial charge in [0, 0.05) is 59.7 Å². The van der Waals surface area contributed by atoms with Gasteiger partial charge in [0.05, 0.1) is 11.2 Å². The Labute approximate surface area is 213 Å².